The number of urea groups is 1. The highest BCUT2D eigenvalue weighted by atomic mass is 35.5. The number of fused-ring (bicyclic) bond motifs is 4. The van der Waals surface area contributed by atoms with Crippen molar-refractivity contribution in [2.75, 3.05) is 18.5 Å². The van der Waals surface area contributed by atoms with Crippen molar-refractivity contribution in [3.05, 3.63) is 107 Å². The van der Waals surface area contributed by atoms with Crippen molar-refractivity contribution in [2.45, 2.75) is 12.6 Å². The minimum atomic E-state index is -0.335. The summed E-state index contributed by atoms with van der Waals surface area (Å²) in [6.45, 7) is 1.44. The Morgan fingerprint density at radius 1 is 0.912 bits per heavy atom. The number of hydrogen-bond acceptors (Lipinski definition) is 3. The van der Waals surface area contributed by atoms with Crippen LogP contribution in [0.3, 0.4) is 0 Å². The minimum absolute atomic E-state index is 0.217. The molecule has 6 nitrogen and oxygen atoms in total. The predicted octanol–water partition coefficient (Wildman–Crippen LogP) is 6.04. The first-order chi connectivity index (χ1) is 16.7. The molecule has 7 heteroatoms. The maximum atomic E-state index is 13.8. The Morgan fingerprint density at radius 3 is 2.65 bits per heavy atom. The first-order valence-electron chi connectivity index (χ1n) is 11.2. The van der Waals surface area contributed by atoms with Gasteiger partial charge in [0.25, 0.3) is 0 Å². The van der Waals surface area contributed by atoms with E-state index in [0.29, 0.717) is 42.0 Å². The Balaban J connectivity index is 1.43. The molecule has 6 rings (SSSR count). The number of anilines is 1. The normalized spacial score (nSPS) is 16.3. The van der Waals surface area contributed by atoms with Crippen molar-refractivity contribution in [1.29, 1.82) is 0 Å². The van der Waals surface area contributed by atoms with Crippen LogP contribution < -0.4 is 14.8 Å². The van der Waals surface area contributed by atoms with E-state index in [2.05, 4.69) is 28.1 Å². The van der Waals surface area contributed by atoms with Crippen LogP contribution in [-0.2, 0) is 6.54 Å². The number of hydrogen-bond donors (Lipinski definition) is 1. The van der Waals surface area contributed by atoms with Gasteiger partial charge in [0.15, 0.2) is 11.5 Å². The molecule has 1 atom stereocenters. The van der Waals surface area contributed by atoms with Crippen LogP contribution in [0.15, 0.2) is 85.1 Å². The first-order valence-corrected chi connectivity index (χ1v) is 11.5. The molecule has 0 spiro atoms. The van der Waals surface area contributed by atoms with Gasteiger partial charge in [-0.25, -0.2) is 4.79 Å². The molecule has 4 aromatic rings. The second-order valence-corrected chi connectivity index (χ2v) is 8.74. The van der Waals surface area contributed by atoms with Crippen LogP contribution >= 0.6 is 11.6 Å². The summed E-state index contributed by atoms with van der Waals surface area (Å²) in [5, 5.41) is 3.70. The van der Waals surface area contributed by atoms with E-state index in [4.69, 9.17) is 21.1 Å². The van der Waals surface area contributed by atoms with Gasteiger partial charge in [0.2, 0.25) is 0 Å². The molecular formula is C27H22ClN3O3. The van der Waals surface area contributed by atoms with Gasteiger partial charge < -0.3 is 24.3 Å². The molecule has 0 bridgehead atoms. The zero-order chi connectivity index (χ0) is 23.1. The lowest BCUT2D eigenvalue weighted by molar-refractivity contribution is 0.171. The quantitative estimate of drug-likeness (QED) is 0.388. The standard InChI is InChI=1S/C27H22ClN3O3/c28-20-7-3-6-18(15-20)26-23-9-4-12-30(23)22-8-2-1-5-19(22)17-31(26)27(32)29-21-10-11-24-25(16-21)34-14-13-33-24/h1-12,15-16,26H,13-14,17H2,(H,29,32). The summed E-state index contributed by atoms with van der Waals surface area (Å²) in [5.74, 6) is 1.31. The lowest BCUT2D eigenvalue weighted by Crippen LogP contribution is -2.38. The number of carbonyl (C=O) groups is 1. The van der Waals surface area contributed by atoms with E-state index in [0.717, 1.165) is 22.5 Å². The minimum Gasteiger partial charge on any atom is -0.486 e. The summed E-state index contributed by atoms with van der Waals surface area (Å²) in [7, 11) is 0. The van der Waals surface area contributed by atoms with Crippen LogP contribution in [0, 0.1) is 0 Å². The Labute approximate surface area is 202 Å². The summed E-state index contributed by atoms with van der Waals surface area (Å²) in [6, 6.07) is 24.8. The number of ether oxygens (including phenoxy) is 2. The van der Waals surface area contributed by atoms with Gasteiger partial charge in [0.1, 0.15) is 13.2 Å². The highest BCUT2D eigenvalue weighted by molar-refractivity contribution is 6.30. The lowest BCUT2D eigenvalue weighted by atomic mass is 10.0. The third-order valence-corrected chi connectivity index (χ3v) is 6.42. The second-order valence-electron chi connectivity index (χ2n) is 8.31. The zero-order valence-electron chi connectivity index (χ0n) is 18.3. The van der Waals surface area contributed by atoms with Crippen molar-refractivity contribution in [1.82, 2.24) is 9.47 Å². The van der Waals surface area contributed by atoms with Crippen LogP contribution in [0.2, 0.25) is 5.02 Å². The van der Waals surface area contributed by atoms with Gasteiger partial charge in [-0.1, -0.05) is 41.9 Å². The molecule has 34 heavy (non-hydrogen) atoms. The second kappa shape index (κ2) is 8.47. The zero-order valence-corrected chi connectivity index (χ0v) is 19.0. The fraction of sp³-hybridized carbons (Fsp3) is 0.148. The van der Waals surface area contributed by atoms with E-state index in [1.165, 1.54) is 0 Å². The molecule has 0 fully saturated rings. The molecule has 1 N–H and O–H groups in total. The fourth-order valence-electron chi connectivity index (χ4n) is 4.68. The largest absolute Gasteiger partial charge is 0.486 e. The molecule has 3 aromatic carbocycles. The average Bonchev–Trinajstić information content (AvgIpc) is 3.28. The Hall–Kier alpha value is -3.90. The molecule has 1 aromatic heterocycles. The van der Waals surface area contributed by atoms with E-state index < -0.39 is 0 Å². The van der Waals surface area contributed by atoms with Gasteiger partial charge in [0.05, 0.1) is 18.3 Å². The number of carbonyl (C=O) groups excluding carboxylic acids is 1. The summed E-state index contributed by atoms with van der Waals surface area (Å²) in [6.07, 6.45) is 2.04. The number of nitrogens with one attached hydrogen (secondary N) is 1. The van der Waals surface area contributed by atoms with Crippen molar-refractivity contribution in [3.8, 4) is 17.2 Å². The van der Waals surface area contributed by atoms with Gasteiger partial charge >= 0.3 is 6.03 Å². The smallest absolute Gasteiger partial charge is 0.322 e. The Kier molecular flexibility index (Phi) is 5.15. The number of para-hydroxylation sites is 1. The fourth-order valence-corrected chi connectivity index (χ4v) is 4.88. The number of aromatic nitrogens is 1. The summed E-state index contributed by atoms with van der Waals surface area (Å²) >= 11 is 6.37. The molecule has 170 valence electrons. The summed E-state index contributed by atoms with van der Waals surface area (Å²) in [5.41, 5.74) is 4.69. The van der Waals surface area contributed by atoms with Crippen molar-refractivity contribution in [2.24, 2.45) is 0 Å². The third-order valence-electron chi connectivity index (χ3n) is 6.18. The molecule has 0 radical (unpaired) electrons. The number of nitrogens with zero attached hydrogens (tertiary/aromatic N) is 2. The van der Waals surface area contributed by atoms with Crippen LogP contribution in [-0.4, -0.2) is 28.7 Å². The van der Waals surface area contributed by atoms with Crippen LogP contribution in [0.4, 0.5) is 10.5 Å². The molecule has 2 aliphatic rings. The number of halogens is 1. The van der Waals surface area contributed by atoms with Crippen LogP contribution in [0.5, 0.6) is 11.5 Å². The Bertz CT molecular complexity index is 1380. The van der Waals surface area contributed by atoms with Crippen LogP contribution in [0.1, 0.15) is 22.9 Å². The van der Waals surface area contributed by atoms with E-state index in [-0.39, 0.29) is 12.1 Å². The number of amides is 2. The molecule has 2 aliphatic heterocycles. The van der Waals surface area contributed by atoms with Gasteiger partial charge in [0, 0.05) is 28.7 Å². The van der Waals surface area contributed by atoms with E-state index in [1.807, 2.05) is 65.7 Å². The Morgan fingerprint density at radius 2 is 1.76 bits per heavy atom. The molecule has 1 unspecified atom stereocenters. The maximum Gasteiger partial charge on any atom is 0.322 e. The number of benzene rings is 3. The van der Waals surface area contributed by atoms with Crippen molar-refractivity contribution >= 4 is 23.3 Å². The summed E-state index contributed by atoms with van der Waals surface area (Å²) < 4.78 is 13.4. The highest BCUT2D eigenvalue weighted by Crippen LogP contribution is 2.38. The molecule has 3 heterocycles. The molecule has 0 saturated carbocycles. The topological polar surface area (TPSA) is 55.7 Å². The SMILES string of the molecule is O=C(Nc1ccc2c(c1)OCCO2)N1Cc2ccccc2-n2cccc2C1c1cccc(Cl)c1. The molecule has 0 saturated heterocycles. The highest BCUT2D eigenvalue weighted by Gasteiger charge is 2.33. The molecule has 0 aliphatic carbocycles. The van der Waals surface area contributed by atoms with Gasteiger partial charge in [-0.3, -0.25) is 0 Å². The van der Waals surface area contributed by atoms with Gasteiger partial charge in [-0.2, -0.15) is 0 Å². The number of rotatable bonds is 2. The third kappa shape index (κ3) is 3.66. The maximum absolute atomic E-state index is 13.8. The monoisotopic (exact) mass is 471 g/mol. The molecule has 2 amide bonds. The predicted molar refractivity (Wildman–Crippen MR) is 131 cm³/mol. The summed E-state index contributed by atoms with van der Waals surface area (Å²) in [4.78, 5) is 15.6. The molecular weight excluding hydrogens is 450 g/mol. The van der Waals surface area contributed by atoms with Crippen molar-refractivity contribution in [3.63, 3.8) is 0 Å². The average molecular weight is 472 g/mol. The van der Waals surface area contributed by atoms with E-state index in [9.17, 15) is 4.79 Å². The van der Waals surface area contributed by atoms with Gasteiger partial charge in [-0.05, 0) is 53.6 Å². The van der Waals surface area contributed by atoms with E-state index >= 15 is 0 Å². The van der Waals surface area contributed by atoms with Crippen LogP contribution in [0.25, 0.3) is 5.69 Å². The first kappa shape index (κ1) is 20.7. The van der Waals surface area contributed by atoms with Gasteiger partial charge in [-0.15, -0.1) is 0 Å². The lowest BCUT2D eigenvalue weighted by Gasteiger charge is -2.31. The van der Waals surface area contributed by atoms with Crippen molar-refractivity contribution < 1.29 is 14.3 Å². The van der Waals surface area contributed by atoms with E-state index in [1.54, 1.807) is 6.07 Å².